The van der Waals surface area contributed by atoms with Crippen LogP contribution in [0.2, 0.25) is 0 Å². The molecule has 18 heavy (non-hydrogen) atoms. The monoisotopic (exact) mass is 250 g/mol. The van der Waals surface area contributed by atoms with Gasteiger partial charge in [-0.2, -0.15) is 0 Å². The van der Waals surface area contributed by atoms with Crippen molar-refractivity contribution in [3.63, 3.8) is 0 Å². The number of amides is 1. The lowest BCUT2D eigenvalue weighted by Gasteiger charge is -2.35. The quantitative estimate of drug-likeness (QED) is 0.724. The average molecular weight is 250 g/mol. The molecule has 2 heterocycles. The Labute approximate surface area is 111 Å². The molecule has 3 nitrogen and oxygen atoms in total. The molecule has 0 bridgehead atoms. The zero-order valence-corrected chi connectivity index (χ0v) is 12.0. The van der Waals surface area contributed by atoms with Gasteiger partial charge in [0.25, 0.3) is 0 Å². The lowest BCUT2D eigenvalue weighted by Crippen LogP contribution is -2.45. The van der Waals surface area contributed by atoms with Crippen molar-refractivity contribution in [3.8, 4) is 0 Å². The highest BCUT2D eigenvalue weighted by Gasteiger charge is 2.28. The topological polar surface area (TPSA) is 32.3 Å². The number of hydrogen-bond acceptors (Lipinski definition) is 2. The van der Waals surface area contributed by atoms with Crippen molar-refractivity contribution in [2.45, 2.75) is 40.0 Å². The number of nitrogens with zero attached hydrogens (tertiary/aromatic N) is 1. The summed E-state index contributed by atoms with van der Waals surface area (Å²) in [7, 11) is 0. The summed E-state index contributed by atoms with van der Waals surface area (Å²) in [5, 5.41) is 3.32. The van der Waals surface area contributed by atoms with Gasteiger partial charge in [0.2, 0.25) is 5.91 Å². The average Bonchev–Trinajstić information content (AvgIpc) is 2.38. The van der Waals surface area contributed by atoms with Gasteiger partial charge in [-0.3, -0.25) is 4.79 Å². The Hall–Kier alpha value is -0.830. The van der Waals surface area contributed by atoms with Crippen molar-refractivity contribution in [3.05, 3.63) is 11.6 Å². The summed E-state index contributed by atoms with van der Waals surface area (Å²) >= 11 is 0. The Morgan fingerprint density at radius 3 is 2.72 bits per heavy atom. The van der Waals surface area contributed by atoms with Crippen LogP contribution in [0.15, 0.2) is 11.6 Å². The largest absolute Gasteiger partial charge is 0.338 e. The highest BCUT2D eigenvalue weighted by molar-refractivity contribution is 5.79. The minimum atomic E-state index is 0.211. The molecule has 1 saturated heterocycles. The molecular formula is C15H26N2O. The molecule has 1 N–H and O–H groups in total. The summed E-state index contributed by atoms with van der Waals surface area (Å²) in [6, 6.07) is 0. The number of rotatable bonds is 1. The predicted octanol–water partition coefficient (Wildman–Crippen LogP) is 2.19. The molecular weight excluding hydrogens is 224 g/mol. The molecule has 0 saturated carbocycles. The molecule has 1 fully saturated rings. The molecule has 0 unspecified atom stereocenters. The van der Waals surface area contributed by atoms with Gasteiger partial charge in [0.05, 0.1) is 5.92 Å². The van der Waals surface area contributed by atoms with Gasteiger partial charge in [-0.15, -0.1) is 0 Å². The highest BCUT2D eigenvalue weighted by atomic mass is 16.2. The number of hydrogen-bond donors (Lipinski definition) is 1. The van der Waals surface area contributed by atoms with Gasteiger partial charge in [0, 0.05) is 19.6 Å². The molecule has 3 heteroatoms. The third-order valence-electron chi connectivity index (χ3n) is 4.13. The molecule has 2 rings (SSSR count). The van der Waals surface area contributed by atoms with Crippen LogP contribution in [0.25, 0.3) is 0 Å². The van der Waals surface area contributed by atoms with Crippen molar-refractivity contribution in [1.29, 1.82) is 0 Å². The van der Waals surface area contributed by atoms with Crippen LogP contribution in [0, 0.1) is 11.3 Å². The summed E-state index contributed by atoms with van der Waals surface area (Å²) in [4.78, 5) is 14.4. The number of carbonyl (C=O) groups is 1. The van der Waals surface area contributed by atoms with Crippen LogP contribution in [-0.4, -0.2) is 37.0 Å². The Kier molecular flexibility index (Phi) is 4.10. The molecule has 1 atom stereocenters. The van der Waals surface area contributed by atoms with Crippen LogP contribution in [0.1, 0.15) is 40.0 Å². The Balaban J connectivity index is 1.92. The summed E-state index contributed by atoms with van der Waals surface area (Å²) in [5.41, 5.74) is 1.75. The first-order valence-corrected chi connectivity index (χ1v) is 7.17. The zero-order valence-electron chi connectivity index (χ0n) is 12.0. The van der Waals surface area contributed by atoms with Crippen molar-refractivity contribution in [1.82, 2.24) is 10.2 Å². The van der Waals surface area contributed by atoms with Gasteiger partial charge in [-0.1, -0.05) is 32.4 Å². The van der Waals surface area contributed by atoms with Crippen LogP contribution in [0.4, 0.5) is 0 Å². The second-order valence-corrected chi connectivity index (χ2v) is 6.56. The van der Waals surface area contributed by atoms with E-state index in [-0.39, 0.29) is 11.3 Å². The minimum absolute atomic E-state index is 0.211. The van der Waals surface area contributed by atoms with Crippen molar-refractivity contribution < 1.29 is 4.79 Å². The van der Waals surface area contributed by atoms with Crippen LogP contribution in [-0.2, 0) is 4.79 Å². The molecule has 1 amide bonds. The smallest absolute Gasteiger partial charge is 0.227 e. The normalized spacial score (nSPS) is 25.8. The summed E-state index contributed by atoms with van der Waals surface area (Å²) in [6.07, 6.45) is 5.48. The van der Waals surface area contributed by atoms with E-state index in [9.17, 15) is 4.79 Å². The molecule has 0 aromatic heterocycles. The van der Waals surface area contributed by atoms with E-state index in [1.165, 1.54) is 5.57 Å². The summed E-state index contributed by atoms with van der Waals surface area (Å²) < 4.78 is 0. The van der Waals surface area contributed by atoms with Gasteiger partial charge in [0.15, 0.2) is 0 Å². The van der Waals surface area contributed by atoms with E-state index in [0.717, 1.165) is 45.4 Å². The minimum Gasteiger partial charge on any atom is -0.338 e. The van der Waals surface area contributed by atoms with Crippen molar-refractivity contribution >= 4 is 5.91 Å². The second-order valence-electron chi connectivity index (χ2n) is 6.56. The van der Waals surface area contributed by atoms with E-state index in [1.807, 2.05) is 4.90 Å². The van der Waals surface area contributed by atoms with E-state index < -0.39 is 0 Å². The Morgan fingerprint density at radius 2 is 2.22 bits per heavy atom. The fourth-order valence-electron chi connectivity index (χ4n) is 2.87. The van der Waals surface area contributed by atoms with Crippen molar-refractivity contribution in [2.75, 3.05) is 26.2 Å². The molecule has 2 aliphatic heterocycles. The van der Waals surface area contributed by atoms with E-state index in [4.69, 9.17) is 0 Å². The molecule has 0 spiro atoms. The molecule has 2 aliphatic rings. The van der Waals surface area contributed by atoms with Gasteiger partial charge in [-0.25, -0.2) is 0 Å². The zero-order chi connectivity index (χ0) is 13.2. The highest BCUT2D eigenvalue weighted by Crippen LogP contribution is 2.30. The van der Waals surface area contributed by atoms with E-state index in [0.29, 0.717) is 5.91 Å². The third-order valence-corrected chi connectivity index (χ3v) is 4.13. The van der Waals surface area contributed by atoms with Crippen LogP contribution in [0.5, 0.6) is 0 Å². The van der Waals surface area contributed by atoms with Crippen LogP contribution >= 0.6 is 0 Å². The van der Waals surface area contributed by atoms with E-state index in [2.05, 4.69) is 32.2 Å². The first kappa shape index (κ1) is 13.6. The fourth-order valence-corrected chi connectivity index (χ4v) is 2.87. The van der Waals surface area contributed by atoms with Crippen LogP contribution < -0.4 is 5.32 Å². The SMILES string of the molecule is CC(C)(C)C1=CCN(C(=O)[C@H]2CCCNC2)CC1. The standard InChI is InChI=1S/C15H26N2O/c1-15(2,3)13-6-9-17(10-7-13)14(18)12-5-4-8-16-11-12/h6,12,16H,4-5,7-11H2,1-3H3/t12-/m0/s1. The predicted molar refractivity (Wildman–Crippen MR) is 74.3 cm³/mol. The van der Waals surface area contributed by atoms with E-state index in [1.54, 1.807) is 0 Å². The summed E-state index contributed by atoms with van der Waals surface area (Å²) in [6.45, 7) is 10.4. The van der Waals surface area contributed by atoms with Crippen LogP contribution in [0.3, 0.4) is 0 Å². The summed E-state index contributed by atoms with van der Waals surface area (Å²) in [5.74, 6) is 0.565. The number of carbonyl (C=O) groups excluding carboxylic acids is 1. The molecule has 102 valence electrons. The molecule has 0 aliphatic carbocycles. The number of nitrogens with one attached hydrogen (secondary N) is 1. The molecule has 0 aromatic carbocycles. The maximum Gasteiger partial charge on any atom is 0.227 e. The Morgan fingerprint density at radius 1 is 1.44 bits per heavy atom. The maximum absolute atomic E-state index is 12.4. The first-order chi connectivity index (χ1) is 8.48. The Bertz CT molecular complexity index is 335. The lowest BCUT2D eigenvalue weighted by atomic mass is 9.82. The molecule has 0 radical (unpaired) electrons. The third kappa shape index (κ3) is 3.14. The fraction of sp³-hybridized carbons (Fsp3) is 0.800. The van der Waals surface area contributed by atoms with E-state index >= 15 is 0 Å². The van der Waals surface area contributed by atoms with Gasteiger partial charge in [0.1, 0.15) is 0 Å². The van der Waals surface area contributed by atoms with Crippen molar-refractivity contribution in [2.24, 2.45) is 11.3 Å². The van der Waals surface area contributed by atoms with Gasteiger partial charge >= 0.3 is 0 Å². The first-order valence-electron chi connectivity index (χ1n) is 7.17. The van der Waals surface area contributed by atoms with Gasteiger partial charge in [-0.05, 0) is 31.2 Å². The lowest BCUT2D eigenvalue weighted by molar-refractivity contribution is -0.135. The second kappa shape index (κ2) is 5.43. The maximum atomic E-state index is 12.4. The molecule has 0 aromatic rings. The van der Waals surface area contributed by atoms with Gasteiger partial charge < -0.3 is 10.2 Å². The number of piperidine rings is 1.